The molecule has 134 valence electrons. The molecule has 2 aliphatic carbocycles. The van der Waals surface area contributed by atoms with Gasteiger partial charge in [0.1, 0.15) is 17.3 Å². The van der Waals surface area contributed by atoms with Gasteiger partial charge in [-0.25, -0.2) is 9.97 Å². The van der Waals surface area contributed by atoms with Gasteiger partial charge >= 0.3 is 0 Å². The number of rotatable bonds is 4. The van der Waals surface area contributed by atoms with Crippen molar-refractivity contribution >= 4 is 27.5 Å². The molecule has 25 heavy (non-hydrogen) atoms. The summed E-state index contributed by atoms with van der Waals surface area (Å²) in [4.78, 5) is 22.8. The molecule has 0 saturated heterocycles. The molecule has 1 atom stereocenters. The summed E-state index contributed by atoms with van der Waals surface area (Å²) >= 11 is 1.70. The molecule has 0 aliphatic heterocycles. The zero-order valence-corrected chi connectivity index (χ0v) is 15.3. The van der Waals surface area contributed by atoms with Crippen LogP contribution in [0.4, 0.5) is 0 Å². The Kier molecular flexibility index (Phi) is 4.60. The summed E-state index contributed by atoms with van der Waals surface area (Å²) in [5.74, 6) is 0.375. The third-order valence-electron chi connectivity index (χ3n) is 5.57. The minimum Gasteiger partial charge on any atom is -0.474 e. The topological polar surface area (TPSA) is 90.1 Å². The Balaban J connectivity index is 1.62. The smallest absolute Gasteiger partial charge is 0.225 e. The molecule has 3 N–H and O–H groups in total. The molecule has 1 fully saturated rings. The molecule has 2 heterocycles. The van der Waals surface area contributed by atoms with Crippen molar-refractivity contribution in [1.82, 2.24) is 15.3 Å². The molecule has 1 unspecified atom stereocenters. The molecule has 1 saturated carbocycles. The van der Waals surface area contributed by atoms with Crippen molar-refractivity contribution in [2.75, 3.05) is 7.05 Å². The number of carbonyl (C=O) groups excluding carboxylic acids is 1. The molecule has 0 bridgehead atoms. The van der Waals surface area contributed by atoms with Crippen LogP contribution in [0, 0.1) is 5.92 Å². The lowest BCUT2D eigenvalue weighted by Gasteiger charge is -2.28. The van der Waals surface area contributed by atoms with Gasteiger partial charge in [0.05, 0.1) is 5.39 Å². The highest BCUT2D eigenvalue weighted by Gasteiger charge is 2.29. The average molecular weight is 360 g/mol. The van der Waals surface area contributed by atoms with Crippen LogP contribution >= 0.6 is 11.3 Å². The van der Waals surface area contributed by atoms with E-state index in [9.17, 15) is 4.79 Å². The Morgan fingerprint density at radius 2 is 2.08 bits per heavy atom. The van der Waals surface area contributed by atoms with Gasteiger partial charge in [-0.15, -0.1) is 11.3 Å². The zero-order chi connectivity index (χ0) is 17.4. The first kappa shape index (κ1) is 16.7. The van der Waals surface area contributed by atoms with E-state index in [2.05, 4.69) is 15.3 Å². The Bertz CT molecular complexity index is 783. The number of hydrogen-bond acceptors (Lipinski definition) is 6. The van der Waals surface area contributed by atoms with Crippen LogP contribution in [0.5, 0.6) is 5.88 Å². The highest BCUT2D eigenvalue weighted by atomic mass is 32.1. The monoisotopic (exact) mass is 360 g/mol. The number of primary amides is 1. The molecule has 4 rings (SSSR count). The van der Waals surface area contributed by atoms with Gasteiger partial charge in [0.15, 0.2) is 0 Å². The normalized spacial score (nSPS) is 26.4. The van der Waals surface area contributed by atoms with Crippen LogP contribution in [0.15, 0.2) is 6.33 Å². The summed E-state index contributed by atoms with van der Waals surface area (Å²) < 4.78 is 6.29. The summed E-state index contributed by atoms with van der Waals surface area (Å²) in [6.07, 6.45) is 8.51. The lowest BCUT2D eigenvalue weighted by atomic mass is 9.87. The van der Waals surface area contributed by atoms with Gasteiger partial charge in [0, 0.05) is 16.8 Å². The first-order valence-electron chi connectivity index (χ1n) is 9.04. The maximum atomic E-state index is 11.6. The third kappa shape index (κ3) is 3.22. The van der Waals surface area contributed by atoms with Crippen LogP contribution in [-0.2, 0) is 17.6 Å². The van der Waals surface area contributed by atoms with Crippen molar-refractivity contribution < 1.29 is 9.53 Å². The molecule has 2 aromatic heterocycles. The molecule has 0 spiro atoms. The van der Waals surface area contributed by atoms with Gasteiger partial charge in [-0.2, -0.15) is 0 Å². The fraction of sp³-hybridized carbons (Fsp3) is 0.611. The number of hydrogen-bond donors (Lipinski definition) is 2. The van der Waals surface area contributed by atoms with Crippen molar-refractivity contribution in [1.29, 1.82) is 0 Å². The number of carbonyl (C=O) groups is 1. The highest BCUT2D eigenvalue weighted by molar-refractivity contribution is 7.18. The van der Waals surface area contributed by atoms with E-state index in [-0.39, 0.29) is 17.9 Å². The molecular formula is C18H24N4O2S. The Morgan fingerprint density at radius 3 is 2.80 bits per heavy atom. The van der Waals surface area contributed by atoms with Crippen LogP contribution in [0.25, 0.3) is 10.2 Å². The predicted octanol–water partition coefficient (Wildman–Crippen LogP) is 2.19. The van der Waals surface area contributed by atoms with Crippen LogP contribution in [-0.4, -0.2) is 35.1 Å². The van der Waals surface area contributed by atoms with E-state index in [1.165, 1.54) is 10.4 Å². The van der Waals surface area contributed by atoms with E-state index in [0.717, 1.165) is 48.7 Å². The number of ether oxygens (including phenoxy) is 1. The zero-order valence-electron chi connectivity index (χ0n) is 14.5. The minimum absolute atomic E-state index is 0.0931. The Hall–Kier alpha value is -1.73. The van der Waals surface area contributed by atoms with E-state index >= 15 is 0 Å². The lowest BCUT2D eigenvalue weighted by molar-refractivity contribution is -0.122. The SMILES string of the molecule is CNC1CCC(Oc2ncnc3sc4c(c23)CC(C(N)=O)CC4)CC1. The van der Waals surface area contributed by atoms with Gasteiger partial charge in [-0.1, -0.05) is 0 Å². The van der Waals surface area contributed by atoms with E-state index in [0.29, 0.717) is 18.3 Å². The second-order valence-electron chi connectivity index (χ2n) is 7.09. The first-order chi connectivity index (χ1) is 12.2. The summed E-state index contributed by atoms with van der Waals surface area (Å²) in [6.45, 7) is 0. The number of nitrogens with one attached hydrogen (secondary N) is 1. The molecule has 0 aromatic carbocycles. The van der Waals surface area contributed by atoms with E-state index < -0.39 is 0 Å². The number of amides is 1. The van der Waals surface area contributed by atoms with Gasteiger partial charge in [-0.3, -0.25) is 4.79 Å². The fourth-order valence-electron chi connectivity index (χ4n) is 4.04. The fourth-order valence-corrected chi connectivity index (χ4v) is 5.21. The number of fused-ring (bicyclic) bond motifs is 3. The predicted molar refractivity (Wildman–Crippen MR) is 97.9 cm³/mol. The average Bonchev–Trinajstić information content (AvgIpc) is 3.01. The number of nitrogens with zero attached hydrogens (tertiary/aromatic N) is 2. The summed E-state index contributed by atoms with van der Waals surface area (Å²) in [5, 5.41) is 4.35. The number of nitrogens with two attached hydrogens (primary N) is 1. The van der Waals surface area contributed by atoms with Crippen LogP contribution in [0.2, 0.25) is 0 Å². The van der Waals surface area contributed by atoms with E-state index in [1.54, 1.807) is 17.7 Å². The second-order valence-corrected chi connectivity index (χ2v) is 8.17. The van der Waals surface area contributed by atoms with Gasteiger partial charge in [0.25, 0.3) is 0 Å². The first-order valence-corrected chi connectivity index (χ1v) is 9.85. The molecular weight excluding hydrogens is 336 g/mol. The summed E-state index contributed by atoms with van der Waals surface area (Å²) in [5.41, 5.74) is 6.72. The van der Waals surface area contributed by atoms with Crippen LogP contribution in [0.1, 0.15) is 42.5 Å². The van der Waals surface area contributed by atoms with Gasteiger partial charge in [-0.05, 0) is 57.6 Å². The van der Waals surface area contributed by atoms with Gasteiger partial charge in [0.2, 0.25) is 11.8 Å². The standard InChI is InChI=1S/C18H24N4O2S/c1-20-11-3-5-12(6-4-11)24-17-15-13-8-10(16(19)23)2-7-14(13)25-18(15)22-9-21-17/h9-12,20H,2-8H2,1H3,(H2,19,23). The van der Waals surface area contributed by atoms with Crippen molar-refractivity contribution in [3.63, 3.8) is 0 Å². The Labute approximate surface area is 151 Å². The highest BCUT2D eigenvalue weighted by Crippen LogP contribution is 2.41. The quantitative estimate of drug-likeness (QED) is 0.872. The van der Waals surface area contributed by atoms with Crippen molar-refractivity contribution in [3.05, 3.63) is 16.8 Å². The molecule has 6 nitrogen and oxygen atoms in total. The van der Waals surface area contributed by atoms with Crippen molar-refractivity contribution in [3.8, 4) is 5.88 Å². The van der Waals surface area contributed by atoms with Gasteiger partial charge < -0.3 is 15.8 Å². The van der Waals surface area contributed by atoms with Crippen LogP contribution < -0.4 is 15.8 Å². The molecule has 1 amide bonds. The second kappa shape index (κ2) is 6.88. The summed E-state index contributed by atoms with van der Waals surface area (Å²) in [6, 6.07) is 0.593. The largest absolute Gasteiger partial charge is 0.474 e. The number of aryl methyl sites for hydroxylation is 1. The van der Waals surface area contributed by atoms with E-state index in [4.69, 9.17) is 10.5 Å². The van der Waals surface area contributed by atoms with E-state index in [1.807, 2.05) is 7.05 Å². The number of thiophene rings is 1. The lowest BCUT2D eigenvalue weighted by Crippen LogP contribution is -2.34. The maximum Gasteiger partial charge on any atom is 0.225 e. The van der Waals surface area contributed by atoms with Crippen LogP contribution in [0.3, 0.4) is 0 Å². The minimum atomic E-state index is -0.213. The van der Waals surface area contributed by atoms with Crippen molar-refractivity contribution in [2.24, 2.45) is 11.7 Å². The molecule has 2 aromatic rings. The molecule has 0 radical (unpaired) electrons. The summed E-state index contributed by atoms with van der Waals surface area (Å²) in [7, 11) is 2.02. The Morgan fingerprint density at radius 1 is 1.28 bits per heavy atom. The maximum absolute atomic E-state index is 11.6. The third-order valence-corrected chi connectivity index (χ3v) is 6.77. The molecule has 7 heteroatoms. The molecule has 2 aliphatic rings. The van der Waals surface area contributed by atoms with Crippen molar-refractivity contribution in [2.45, 2.75) is 57.1 Å². The number of aromatic nitrogens is 2.